The van der Waals surface area contributed by atoms with E-state index in [1.54, 1.807) is 6.92 Å². The molecule has 2 aromatic rings. The molecule has 0 saturated carbocycles. The summed E-state index contributed by atoms with van der Waals surface area (Å²) in [5.41, 5.74) is 13.3. The quantitative estimate of drug-likeness (QED) is 0.845. The van der Waals surface area contributed by atoms with Crippen LogP contribution in [0.15, 0.2) is 42.5 Å². The predicted molar refractivity (Wildman–Crippen MR) is 84.6 cm³/mol. The zero-order valence-electron chi connectivity index (χ0n) is 13.1. The van der Waals surface area contributed by atoms with Gasteiger partial charge in [-0.2, -0.15) is 0 Å². The zero-order valence-corrected chi connectivity index (χ0v) is 13.1. The standard InChI is InChI=1S/C17H19F3N2O2/c1-11-7-13(24-17(18,19)20)8-14(15(22)9-21)16(11)23-10-12-5-3-2-4-6-12/h2-8,15H,9-10,21-22H2,1H3. The lowest BCUT2D eigenvalue weighted by molar-refractivity contribution is -0.274. The predicted octanol–water partition coefficient (Wildman–Crippen LogP) is 3.43. The summed E-state index contributed by atoms with van der Waals surface area (Å²) in [7, 11) is 0. The highest BCUT2D eigenvalue weighted by atomic mass is 19.4. The van der Waals surface area contributed by atoms with Crippen molar-refractivity contribution >= 4 is 0 Å². The van der Waals surface area contributed by atoms with Crippen molar-refractivity contribution in [2.75, 3.05) is 6.54 Å². The maximum atomic E-state index is 12.4. The summed E-state index contributed by atoms with van der Waals surface area (Å²) < 4.78 is 47.1. The van der Waals surface area contributed by atoms with E-state index >= 15 is 0 Å². The molecule has 4 N–H and O–H groups in total. The monoisotopic (exact) mass is 340 g/mol. The highest BCUT2D eigenvalue weighted by Crippen LogP contribution is 2.35. The third-order valence-electron chi connectivity index (χ3n) is 3.39. The van der Waals surface area contributed by atoms with Crippen molar-refractivity contribution in [1.29, 1.82) is 0 Å². The fraction of sp³-hybridized carbons (Fsp3) is 0.294. The summed E-state index contributed by atoms with van der Waals surface area (Å²) >= 11 is 0. The van der Waals surface area contributed by atoms with Gasteiger partial charge in [0.05, 0.1) is 0 Å². The number of hydrogen-bond acceptors (Lipinski definition) is 4. The van der Waals surface area contributed by atoms with Gasteiger partial charge in [0.25, 0.3) is 0 Å². The maximum absolute atomic E-state index is 12.4. The molecule has 2 rings (SSSR count). The van der Waals surface area contributed by atoms with Gasteiger partial charge in [-0.25, -0.2) is 0 Å². The molecule has 0 radical (unpaired) electrons. The first-order valence-electron chi connectivity index (χ1n) is 7.33. The summed E-state index contributed by atoms with van der Waals surface area (Å²) in [6, 6.07) is 11.2. The van der Waals surface area contributed by atoms with E-state index in [1.807, 2.05) is 30.3 Å². The third kappa shape index (κ3) is 4.87. The van der Waals surface area contributed by atoms with E-state index in [-0.39, 0.29) is 18.9 Å². The summed E-state index contributed by atoms with van der Waals surface area (Å²) in [4.78, 5) is 0. The second-order valence-electron chi connectivity index (χ2n) is 5.32. The Morgan fingerprint density at radius 3 is 2.38 bits per heavy atom. The Kier molecular flexibility index (Phi) is 5.69. The molecular weight excluding hydrogens is 321 g/mol. The Bertz CT molecular complexity index is 676. The number of alkyl halides is 3. The average Bonchev–Trinajstić information content (AvgIpc) is 2.52. The van der Waals surface area contributed by atoms with Crippen molar-refractivity contribution in [2.45, 2.75) is 25.9 Å². The SMILES string of the molecule is Cc1cc(OC(F)(F)F)cc(C(N)CN)c1OCc1ccccc1. The van der Waals surface area contributed by atoms with E-state index in [1.165, 1.54) is 12.1 Å². The fourth-order valence-corrected chi connectivity index (χ4v) is 2.29. The van der Waals surface area contributed by atoms with Crippen LogP contribution in [-0.4, -0.2) is 12.9 Å². The normalized spacial score (nSPS) is 12.8. The van der Waals surface area contributed by atoms with E-state index < -0.39 is 12.4 Å². The Hall–Kier alpha value is -2.25. The molecule has 130 valence electrons. The molecule has 0 aliphatic heterocycles. The Morgan fingerprint density at radius 2 is 1.79 bits per heavy atom. The van der Waals surface area contributed by atoms with E-state index in [0.717, 1.165) is 5.56 Å². The molecule has 1 atom stereocenters. The topological polar surface area (TPSA) is 70.5 Å². The lowest BCUT2D eigenvalue weighted by Gasteiger charge is -2.20. The van der Waals surface area contributed by atoms with Crippen LogP contribution in [0.4, 0.5) is 13.2 Å². The first-order valence-corrected chi connectivity index (χ1v) is 7.33. The van der Waals surface area contributed by atoms with Gasteiger partial charge in [-0.1, -0.05) is 30.3 Å². The van der Waals surface area contributed by atoms with E-state index in [0.29, 0.717) is 16.9 Å². The van der Waals surface area contributed by atoms with E-state index in [2.05, 4.69) is 4.74 Å². The number of aryl methyl sites for hydroxylation is 1. The van der Waals surface area contributed by atoms with E-state index in [9.17, 15) is 13.2 Å². The lowest BCUT2D eigenvalue weighted by Crippen LogP contribution is -2.23. The van der Waals surface area contributed by atoms with E-state index in [4.69, 9.17) is 16.2 Å². The molecule has 24 heavy (non-hydrogen) atoms. The van der Waals surface area contributed by atoms with Crippen LogP contribution in [0.5, 0.6) is 11.5 Å². The Morgan fingerprint density at radius 1 is 1.12 bits per heavy atom. The highest BCUT2D eigenvalue weighted by molar-refractivity contribution is 5.48. The molecule has 1 unspecified atom stereocenters. The molecule has 0 fully saturated rings. The molecule has 0 aliphatic carbocycles. The molecule has 0 spiro atoms. The summed E-state index contributed by atoms with van der Waals surface area (Å²) in [6.45, 7) is 1.97. The first kappa shape index (κ1) is 18.1. The zero-order chi connectivity index (χ0) is 17.7. The van der Waals surface area contributed by atoms with Gasteiger partial charge in [-0.3, -0.25) is 0 Å². The van der Waals surface area contributed by atoms with Crippen molar-refractivity contribution in [2.24, 2.45) is 11.5 Å². The van der Waals surface area contributed by atoms with Gasteiger partial charge in [0.2, 0.25) is 0 Å². The first-order chi connectivity index (χ1) is 11.3. The van der Waals surface area contributed by atoms with Crippen LogP contribution in [0, 0.1) is 6.92 Å². The number of ether oxygens (including phenoxy) is 2. The lowest BCUT2D eigenvalue weighted by atomic mass is 10.0. The highest BCUT2D eigenvalue weighted by Gasteiger charge is 2.32. The summed E-state index contributed by atoms with van der Waals surface area (Å²) in [6.07, 6.45) is -4.77. The molecule has 4 nitrogen and oxygen atoms in total. The Labute approximate surface area is 138 Å². The van der Waals surface area contributed by atoms with Gasteiger partial charge in [0.15, 0.2) is 0 Å². The Balaban J connectivity index is 2.31. The number of nitrogens with two attached hydrogens (primary N) is 2. The van der Waals surface area contributed by atoms with Gasteiger partial charge in [0.1, 0.15) is 18.1 Å². The molecule has 0 amide bonds. The largest absolute Gasteiger partial charge is 0.573 e. The molecular formula is C17H19F3N2O2. The van der Waals surface area contributed by atoms with Crippen molar-refractivity contribution in [3.05, 3.63) is 59.2 Å². The number of rotatable bonds is 6. The van der Waals surface area contributed by atoms with Crippen LogP contribution in [0.25, 0.3) is 0 Å². The number of halogens is 3. The number of benzene rings is 2. The molecule has 0 bridgehead atoms. The van der Waals surface area contributed by atoms with Gasteiger partial charge in [-0.05, 0) is 30.2 Å². The van der Waals surface area contributed by atoms with Gasteiger partial charge in [-0.15, -0.1) is 13.2 Å². The summed E-state index contributed by atoms with van der Waals surface area (Å²) in [5, 5.41) is 0. The summed E-state index contributed by atoms with van der Waals surface area (Å²) in [5.74, 6) is 0.0808. The van der Waals surface area contributed by atoms with Crippen LogP contribution < -0.4 is 20.9 Å². The smallest absolute Gasteiger partial charge is 0.488 e. The second-order valence-corrected chi connectivity index (χ2v) is 5.32. The van der Waals surface area contributed by atoms with Crippen molar-refractivity contribution in [1.82, 2.24) is 0 Å². The average molecular weight is 340 g/mol. The fourth-order valence-electron chi connectivity index (χ4n) is 2.29. The van der Waals surface area contributed by atoms with Crippen molar-refractivity contribution < 1.29 is 22.6 Å². The van der Waals surface area contributed by atoms with Crippen LogP contribution in [-0.2, 0) is 6.61 Å². The van der Waals surface area contributed by atoms with Crippen molar-refractivity contribution in [3.8, 4) is 11.5 Å². The second kappa shape index (κ2) is 7.55. The maximum Gasteiger partial charge on any atom is 0.573 e. The molecule has 0 aliphatic rings. The third-order valence-corrected chi connectivity index (χ3v) is 3.39. The van der Waals surface area contributed by atoms with Crippen LogP contribution in [0.3, 0.4) is 0 Å². The van der Waals surface area contributed by atoms with Gasteiger partial charge < -0.3 is 20.9 Å². The minimum Gasteiger partial charge on any atom is -0.488 e. The molecule has 7 heteroatoms. The van der Waals surface area contributed by atoms with Crippen LogP contribution >= 0.6 is 0 Å². The molecule has 0 heterocycles. The minimum absolute atomic E-state index is 0.0661. The van der Waals surface area contributed by atoms with Gasteiger partial charge >= 0.3 is 6.36 Å². The molecule has 0 saturated heterocycles. The number of hydrogen-bond donors (Lipinski definition) is 2. The minimum atomic E-state index is -4.77. The molecule has 2 aromatic carbocycles. The van der Waals surface area contributed by atoms with Gasteiger partial charge in [0, 0.05) is 18.2 Å². The molecule has 0 aromatic heterocycles. The van der Waals surface area contributed by atoms with Crippen LogP contribution in [0.1, 0.15) is 22.7 Å². The van der Waals surface area contributed by atoms with Crippen molar-refractivity contribution in [3.63, 3.8) is 0 Å². The van der Waals surface area contributed by atoms with Crippen LogP contribution in [0.2, 0.25) is 0 Å².